The van der Waals surface area contributed by atoms with Gasteiger partial charge in [-0.25, -0.2) is 4.79 Å². The number of carbonyl (C=O) groups excluding carboxylic acids is 3. The normalized spacial score (nSPS) is 14.2. The van der Waals surface area contributed by atoms with Crippen LogP contribution in [0.5, 0.6) is 0 Å². The van der Waals surface area contributed by atoms with Crippen molar-refractivity contribution in [2.75, 3.05) is 5.75 Å². The van der Waals surface area contributed by atoms with Gasteiger partial charge in [-0.1, -0.05) is 62.4 Å². The first-order valence-corrected chi connectivity index (χ1v) is 13.8. The van der Waals surface area contributed by atoms with E-state index in [4.69, 9.17) is 5.73 Å². The summed E-state index contributed by atoms with van der Waals surface area (Å²) < 4.78 is 0. The number of rotatable bonds is 14. The number of aromatic nitrogens is 1. The number of fused-ring (bicyclic) bond motifs is 1. The van der Waals surface area contributed by atoms with Crippen LogP contribution in [0.3, 0.4) is 0 Å². The van der Waals surface area contributed by atoms with Crippen LogP contribution in [0.25, 0.3) is 10.9 Å². The van der Waals surface area contributed by atoms with Gasteiger partial charge in [-0.05, 0) is 29.5 Å². The minimum atomic E-state index is -1.22. The number of hydrogen-bond donors (Lipinski definition) is 7. The number of H-pyrrole nitrogens is 1. The molecule has 0 bridgehead atoms. The van der Waals surface area contributed by atoms with Crippen molar-refractivity contribution < 1.29 is 24.3 Å². The fraction of sp³-hybridized carbons (Fsp3) is 0.379. The molecular formula is C29H37N5O5S. The molecule has 0 saturated carbocycles. The summed E-state index contributed by atoms with van der Waals surface area (Å²) in [6.45, 7) is 3.78. The minimum absolute atomic E-state index is 0.00714. The summed E-state index contributed by atoms with van der Waals surface area (Å²) in [5.41, 5.74) is 8.22. The molecule has 3 amide bonds. The predicted octanol–water partition coefficient (Wildman–Crippen LogP) is 1.80. The molecule has 0 aliphatic heterocycles. The molecule has 214 valence electrons. The third-order valence-corrected chi connectivity index (χ3v) is 6.90. The van der Waals surface area contributed by atoms with Crippen molar-refractivity contribution >= 4 is 47.2 Å². The van der Waals surface area contributed by atoms with E-state index in [2.05, 4.69) is 33.6 Å². The van der Waals surface area contributed by atoms with Crippen molar-refractivity contribution in [1.29, 1.82) is 0 Å². The van der Waals surface area contributed by atoms with Gasteiger partial charge in [0.1, 0.15) is 18.1 Å². The highest BCUT2D eigenvalue weighted by Gasteiger charge is 2.31. The van der Waals surface area contributed by atoms with Crippen LogP contribution in [-0.4, -0.2) is 63.7 Å². The van der Waals surface area contributed by atoms with Gasteiger partial charge in [0.15, 0.2) is 0 Å². The maximum Gasteiger partial charge on any atom is 0.326 e. The Morgan fingerprint density at radius 3 is 2.10 bits per heavy atom. The van der Waals surface area contributed by atoms with E-state index in [-0.39, 0.29) is 30.9 Å². The number of carboxylic acids is 1. The van der Waals surface area contributed by atoms with Crippen LogP contribution in [0.4, 0.5) is 0 Å². The molecule has 1 heterocycles. The van der Waals surface area contributed by atoms with Gasteiger partial charge in [0.25, 0.3) is 0 Å². The zero-order chi connectivity index (χ0) is 29.2. The lowest BCUT2D eigenvalue weighted by Gasteiger charge is -2.26. The van der Waals surface area contributed by atoms with E-state index < -0.39 is 47.9 Å². The van der Waals surface area contributed by atoms with E-state index in [1.54, 1.807) is 6.20 Å². The Morgan fingerprint density at radius 1 is 0.850 bits per heavy atom. The van der Waals surface area contributed by atoms with Crippen LogP contribution < -0.4 is 21.7 Å². The lowest BCUT2D eigenvalue weighted by Crippen LogP contribution is -2.58. The highest BCUT2D eigenvalue weighted by molar-refractivity contribution is 7.80. The number of carboxylic acid groups (broad SMARTS) is 1. The maximum absolute atomic E-state index is 13.4. The molecule has 0 saturated heterocycles. The Labute approximate surface area is 238 Å². The molecule has 0 spiro atoms. The van der Waals surface area contributed by atoms with Gasteiger partial charge in [-0.3, -0.25) is 14.4 Å². The Balaban J connectivity index is 1.77. The quantitative estimate of drug-likeness (QED) is 0.147. The second kappa shape index (κ2) is 14.5. The van der Waals surface area contributed by atoms with Crippen molar-refractivity contribution in [3.05, 3.63) is 71.9 Å². The van der Waals surface area contributed by atoms with Crippen molar-refractivity contribution in [3.8, 4) is 0 Å². The zero-order valence-corrected chi connectivity index (χ0v) is 23.5. The number of nitrogens with one attached hydrogen (secondary N) is 4. The van der Waals surface area contributed by atoms with Crippen LogP contribution >= 0.6 is 12.6 Å². The summed E-state index contributed by atoms with van der Waals surface area (Å²) in [6.07, 6.45) is 2.22. The highest BCUT2D eigenvalue weighted by atomic mass is 32.1. The van der Waals surface area contributed by atoms with Crippen molar-refractivity contribution in [3.63, 3.8) is 0 Å². The SMILES string of the molecule is CC(C)CC(NC(=O)C(Cc1ccccc1)NC(=O)C(N)CS)C(=O)NC(Cc1c[nH]c2ccccc12)C(=O)O. The third kappa shape index (κ3) is 8.59. The number of nitrogens with two attached hydrogens (primary N) is 1. The molecule has 0 aliphatic rings. The number of aromatic amines is 1. The molecule has 10 nitrogen and oxygen atoms in total. The summed E-state index contributed by atoms with van der Waals surface area (Å²) in [6, 6.07) is 12.5. The van der Waals surface area contributed by atoms with E-state index in [9.17, 15) is 24.3 Å². The molecule has 40 heavy (non-hydrogen) atoms. The Hall–Kier alpha value is -3.83. The Bertz CT molecular complexity index is 1310. The molecule has 0 aliphatic carbocycles. The lowest BCUT2D eigenvalue weighted by molar-refractivity contribution is -0.142. The second-order valence-electron chi connectivity index (χ2n) is 10.2. The first-order valence-electron chi connectivity index (χ1n) is 13.2. The molecule has 2 aromatic carbocycles. The van der Waals surface area contributed by atoms with Crippen LogP contribution in [0.1, 0.15) is 31.4 Å². The number of hydrogen-bond acceptors (Lipinski definition) is 6. The van der Waals surface area contributed by atoms with E-state index in [0.717, 1.165) is 22.0 Å². The first kappa shape index (κ1) is 30.7. The number of amides is 3. The fourth-order valence-electron chi connectivity index (χ4n) is 4.39. The van der Waals surface area contributed by atoms with Crippen LogP contribution in [-0.2, 0) is 32.0 Å². The molecular weight excluding hydrogens is 530 g/mol. The third-order valence-electron chi connectivity index (χ3n) is 6.50. The zero-order valence-electron chi connectivity index (χ0n) is 22.6. The van der Waals surface area contributed by atoms with Gasteiger partial charge in [0.2, 0.25) is 17.7 Å². The number of thiol groups is 1. The van der Waals surface area contributed by atoms with Gasteiger partial charge in [0, 0.05) is 35.7 Å². The predicted molar refractivity (Wildman–Crippen MR) is 157 cm³/mol. The van der Waals surface area contributed by atoms with Crippen LogP contribution in [0, 0.1) is 5.92 Å². The average Bonchev–Trinajstić information content (AvgIpc) is 3.34. The molecule has 0 radical (unpaired) electrons. The van der Waals surface area contributed by atoms with Gasteiger partial charge >= 0.3 is 5.97 Å². The van der Waals surface area contributed by atoms with Crippen molar-refractivity contribution in [2.24, 2.45) is 11.7 Å². The van der Waals surface area contributed by atoms with E-state index in [1.807, 2.05) is 68.4 Å². The van der Waals surface area contributed by atoms with Crippen LogP contribution in [0.2, 0.25) is 0 Å². The molecule has 0 fully saturated rings. The van der Waals surface area contributed by atoms with E-state index >= 15 is 0 Å². The van der Waals surface area contributed by atoms with Gasteiger partial charge in [-0.2, -0.15) is 12.6 Å². The number of aliphatic carboxylic acids is 1. The average molecular weight is 568 g/mol. The minimum Gasteiger partial charge on any atom is -0.480 e. The first-order chi connectivity index (χ1) is 19.1. The molecule has 7 N–H and O–H groups in total. The van der Waals surface area contributed by atoms with Crippen LogP contribution in [0.15, 0.2) is 60.8 Å². The Kier molecular flexibility index (Phi) is 11.2. The maximum atomic E-state index is 13.4. The number of carbonyl (C=O) groups is 4. The second-order valence-corrected chi connectivity index (χ2v) is 10.6. The highest BCUT2D eigenvalue weighted by Crippen LogP contribution is 2.19. The largest absolute Gasteiger partial charge is 0.480 e. The van der Waals surface area contributed by atoms with E-state index in [1.165, 1.54) is 0 Å². The van der Waals surface area contributed by atoms with E-state index in [0.29, 0.717) is 0 Å². The summed E-state index contributed by atoms with van der Waals surface area (Å²) >= 11 is 4.06. The van der Waals surface area contributed by atoms with Gasteiger partial charge in [-0.15, -0.1) is 0 Å². The van der Waals surface area contributed by atoms with Gasteiger partial charge in [0.05, 0.1) is 6.04 Å². The summed E-state index contributed by atoms with van der Waals surface area (Å²) in [7, 11) is 0. The molecule has 3 rings (SSSR count). The molecule has 1 aromatic heterocycles. The summed E-state index contributed by atoms with van der Waals surface area (Å²) in [5, 5.41) is 18.8. The van der Waals surface area contributed by atoms with Gasteiger partial charge < -0.3 is 31.8 Å². The van der Waals surface area contributed by atoms with Crippen molar-refractivity contribution in [1.82, 2.24) is 20.9 Å². The fourth-order valence-corrected chi connectivity index (χ4v) is 4.55. The summed E-state index contributed by atoms with van der Waals surface area (Å²) in [4.78, 5) is 54.5. The topological polar surface area (TPSA) is 166 Å². The monoisotopic (exact) mass is 567 g/mol. The standard InChI is InChI=1S/C29H37N5O5S/c1-17(2)12-23(27(36)34-25(29(38)39)14-19-15-31-22-11-7-6-10-20(19)22)33-28(37)24(32-26(35)21(30)16-40)13-18-8-4-3-5-9-18/h3-11,15,17,21,23-25,31,40H,12-14,16,30H2,1-2H3,(H,32,35)(H,33,37)(H,34,36)(H,38,39). The smallest absolute Gasteiger partial charge is 0.326 e. The number of para-hydroxylation sites is 1. The molecule has 11 heteroatoms. The lowest BCUT2D eigenvalue weighted by atomic mass is 10.00. The summed E-state index contributed by atoms with van der Waals surface area (Å²) in [5.74, 6) is -2.83. The van der Waals surface area contributed by atoms with Crippen molar-refractivity contribution in [2.45, 2.75) is 57.3 Å². The Morgan fingerprint density at radius 2 is 1.45 bits per heavy atom. The number of benzene rings is 2. The molecule has 4 unspecified atom stereocenters. The molecule has 4 atom stereocenters. The molecule has 3 aromatic rings.